The van der Waals surface area contributed by atoms with E-state index < -0.39 is 5.54 Å². The Bertz CT molecular complexity index is 409. The van der Waals surface area contributed by atoms with E-state index in [0.717, 1.165) is 0 Å². The number of nitrogens with zero attached hydrogens (tertiary/aromatic N) is 1. The Balaban J connectivity index is 2.26. The van der Waals surface area contributed by atoms with E-state index in [1.165, 1.54) is 11.2 Å². The number of nitrogens with one attached hydrogen (secondary N) is 1. The molecule has 86 valence electrons. The molecule has 1 fully saturated rings. The van der Waals surface area contributed by atoms with E-state index in [0.29, 0.717) is 13.1 Å². The van der Waals surface area contributed by atoms with Gasteiger partial charge in [0.05, 0.1) is 6.26 Å². The van der Waals surface area contributed by atoms with Gasteiger partial charge in [0, 0.05) is 13.1 Å². The van der Waals surface area contributed by atoms with E-state index in [1.54, 1.807) is 26.0 Å². The van der Waals surface area contributed by atoms with E-state index in [4.69, 9.17) is 4.42 Å². The van der Waals surface area contributed by atoms with E-state index in [1.807, 2.05) is 0 Å². The van der Waals surface area contributed by atoms with Crippen LogP contribution in [0.3, 0.4) is 0 Å². The summed E-state index contributed by atoms with van der Waals surface area (Å²) >= 11 is 0. The van der Waals surface area contributed by atoms with Gasteiger partial charge in [0.25, 0.3) is 5.91 Å². The normalized spacial score (nSPS) is 19.4. The minimum Gasteiger partial charge on any atom is -0.459 e. The summed E-state index contributed by atoms with van der Waals surface area (Å²) in [5.74, 6) is -0.119. The number of hydrogen-bond acceptors (Lipinski definition) is 3. The zero-order valence-electron chi connectivity index (χ0n) is 9.32. The summed E-state index contributed by atoms with van der Waals surface area (Å²) in [5.41, 5.74) is -0.831. The van der Waals surface area contributed by atoms with Crippen LogP contribution in [0.1, 0.15) is 24.4 Å². The average Bonchev–Trinajstić information content (AvgIpc) is 2.74. The van der Waals surface area contributed by atoms with Crippen molar-refractivity contribution in [3.05, 3.63) is 24.2 Å². The molecular formula is C11H14N2O3. The van der Waals surface area contributed by atoms with Gasteiger partial charge in [-0.3, -0.25) is 9.59 Å². The first-order valence-corrected chi connectivity index (χ1v) is 5.17. The second-order valence-corrected chi connectivity index (χ2v) is 4.25. The summed E-state index contributed by atoms with van der Waals surface area (Å²) in [6.07, 6.45) is 1.45. The Kier molecular flexibility index (Phi) is 2.46. The van der Waals surface area contributed by atoms with Crippen LogP contribution in [-0.2, 0) is 4.79 Å². The van der Waals surface area contributed by atoms with Crippen molar-refractivity contribution in [3.63, 3.8) is 0 Å². The highest BCUT2D eigenvalue weighted by Crippen LogP contribution is 2.20. The van der Waals surface area contributed by atoms with Gasteiger partial charge in [-0.15, -0.1) is 0 Å². The fourth-order valence-corrected chi connectivity index (χ4v) is 1.79. The zero-order chi connectivity index (χ0) is 11.8. The van der Waals surface area contributed by atoms with Gasteiger partial charge in [0.15, 0.2) is 5.76 Å². The predicted octanol–water partition coefficient (Wildman–Crippen LogP) is 0.630. The lowest BCUT2D eigenvalue weighted by Crippen LogP contribution is -2.63. The van der Waals surface area contributed by atoms with E-state index in [9.17, 15) is 9.59 Å². The Morgan fingerprint density at radius 2 is 2.31 bits per heavy atom. The number of amides is 2. The highest BCUT2D eigenvalue weighted by atomic mass is 16.3. The summed E-state index contributed by atoms with van der Waals surface area (Å²) in [7, 11) is 0. The van der Waals surface area contributed by atoms with Crippen molar-refractivity contribution in [1.82, 2.24) is 10.2 Å². The summed E-state index contributed by atoms with van der Waals surface area (Å²) in [5, 5.41) is 2.74. The first-order chi connectivity index (χ1) is 7.53. The third-order valence-electron chi connectivity index (χ3n) is 2.83. The van der Waals surface area contributed by atoms with Gasteiger partial charge in [-0.1, -0.05) is 0 Å². The molecule has 0 aromatic carbocycles. The monoisotopic (exact) mass is 222 g/mol. The summed E-state index contributed by atoms with van der Waals surface area (Å²) < 4.78 is 5.05. The molecule has 0 radical (unpaired) electrons. The summed E-state index contributed by atoms with van der Waals surface area (Å²) in [6.45, 7) is 4.43. The molecule has 0 atom stereocenters. The van der Waals surface area contributed by atoms with Crippen LogP contribution in [0.25, 0.3) is 0 Å². The highest BCUT2D eigenvalue weighted by Gasteiger charge is 2.41. The molecule has 2 amide bonds. The third-order valence-corrected chi connectivity index (χ3v) is 2.83. The minimum absolute atomic E-state index is 0.140. The van der Waals surface area contributed by atoms with Crippen LogP contribution in [-0.4, -0.2) is 35.3 Å². The van der Waals surface area contributed by atoms with Gasteiger partial charge in [-0.05, 0) is 26.0 Å². The third kappa shape index (κ3) is 1.58. The van der Waals surface area contributed by atoms with Gasteiger partial charge < -0.3 is 14.6 Å². The predicted molar refractivity (Wildman–Crippen MR) is 56.8 cm³/mol. The maximum Gasteiger partial charge on any atom is 0.290 e. The molecule has 16 heavy (non-hydrogen) atoms. The van der Waals surface area contributed by atoms with Crippen LogP contribution >= 0.6 is 0 Å². The zero-order valence-corrected chi connectivity index (χ0v) is 9.32. The summed E-state index contributed by atoms with van der Waals surface area (Å²) in [4.78, 5) is 25.3. The van der Waals surface area contributed by atoms with Crippen molar-refractivity contribution < 1.29 is 14.0 Å². The lowest BCUT2D eigenvalue weighted by atomic mass is 9.98. The second kappa shape index (κ2) is 3.66. The Hall–Kier alpha value is -1.78. The Labute approximate surface area is 93.4 Å². The molecule has 0 bridgehead atoms. The number of rotatable bonds is 1. The van der Waals surface area contributed by atoms with Crippen LogP contribution in [0.4, 0.5) is 0 Å². The topological polar surface area (TPSA) is 62.6 Å². The first-order valence-electron chi connectivity index (χ1n) is 5.17. The van der Waals surface area contributed by atoms with E-state index in [-0.39, 0.29) is 17.6 Å². The highest BCUT2D eigenvalue weighted by molar-refractivity contribution is 5.97. The number of carbonyl (C=O) groups is 2. The molecule has 1 aliphatic rings. The standard InChI is InChI=1S/C11H14N2O3/c1-11(2)10(15)12-5-6-13(11)9(14)8-4-3-7-16-8/h3-4,7H,5-6H2,1-2H3,(H,12,15). The van der Waals surface area contributed by atoms with Crippen LogP contribution in [0.2, 0.25) is 0 Å². The van der Waals surface area contributed by atoms with Gasteiger partial charge in [0.1, 0.15) is 5.54 Å². The minimum atomic E-state index is -0.831. The van der Waals surface area contributed by atoms with E-state index >= 15 is 0 Å². The molecule has 0 aliphatic carbocycles. The summed E-state index contributed by atoms with van der Waals surface area (Å²) in [6, 6.07) is 3.26. The van der Waals surface area contributed by atoms with Gasteiger partial charge in [-0.25, -0.2) is 0 Å². The molecular weight excluding hydrogens is 208 g/mol. The van der Waals surface area contributed by atoms with Crippen molar-refractivity contribution in [2.45, 2.75) is 19.4 Å². The molecule has 1 aromatic heterocycles. The average molecular weight is 222 g/mol. The maximum absolute atomic E-state index is 12.1. The van der Waals surface area contributed by atoms with Crippen LogP contribution in [0.15, 0.2) is 22.8 Å². The number of furan rings is 1. The molecule has 1 saturated heterocycles. The fraction of sp³-hybridized carbons (Fsp3) is 0.455. The van der Waals surface area contributed by atoms with Gasteiger partial charge >= 0.3 is 0 Å². The smallest absolute Gasteiger partial charge is 0.290 e. The van der Waals surface area contributed by atoms with Crippen LogP contribution < -0.4 is 5.32 Å². The molecule has 5 nitrogen and oxygen atoms in total. The van der Waals surface area contributed by atoms with Crippen molar-refractivity contribution in [2.24, 2.45) is 0 Å². The molecule has 5 heteroatoms. The maximum atomic E-state index is 12.1. The quantitative estimate of drug-likeness (QED) is 0.758. The van der Waals surface area contributed by atoms with Crippen molar-refractivity contribution in [1.29, 1.82) is 0 Å². The number of carbonyl (C=O) groups excluding carboxylic acids is 2. The fourth-order valence-electron chi connectivity index (χ4n) is 1.79. The second-order valence-electron chi connectivity index (χ2n) is 4.25. The molecule has 0 spiro atoms. The molecule has 2 heterocycles. The van der Waals surface area contributed by atoms with Crippen LogP contribution in [0.5, 0.6) is 0 Å². The molecule has 1 aliphatic heterocycles. The SMILES string of the molecule is CC1(C)C(=O)NCCN1C(=O)c1ccco1. The van der Waals surface area contributed by atoms with E-state index in [2.05, 4.69) is 5.32 Å². The molecule has 1 N–H and O–H groups in total. The van der Waals surface area contributed by atoms with Crippen molar-refractivity contribution in [3.8, 4) is 0 Å². The van der Waals surface area contributed by atoms with Crippen molar-refractivity contribution >= 4 is 11.8 Å². The van der Waals surface area contributed by atoms with Gasteiger partial charge in [0.2, 0.25) is 5.91 Å². The molecule has 2 rings (SSSR count). The number of piperazine rings is 1. The Morgan fingerprint density at radius 3 is 2.94 bits per heavy atom. The largest absolute Gasteiger partial charge is 0.459 e. The Morgan fingerprint density at radius 1 is 1.56 bits per heavy atom. The lowest BCUT2D eigenvalue weighted by molar-refractivity contribution is -0.133. The van der Waals surface area contributed by atoms with Gasteiger partial charge in [-0.2, -0.15) is 0 Å². The number of hydrogen-bond donors (Lipinski definition) is 1. The molecule has 0 saturated carbocycles. The van der Waals surface area contributed by atoms with Crippen LogP contribution in [0, 0.1) is 0 Å². The van der Waals surface area contributed by atoms with Crippen molar-refractivity contribution in [2.75, 3.05) is 13.1 Å². The molecule has 1 aromatic rings. The first kappa shape index (κ1) is 10.7. The molecule has 0 unspecified atom stereocenters. The lowest BCUT2D eigenvalue weighted by Gasteiger charge is -2.40.